The Kier molecular flexibility index (Phi) is 4.94. The van der Waals surface area contributed by atoms with Crippen molar-refractivity contribution in [2.45, 2.75) is 23.8 Å². The summed E-state index contributed by atoms with van der Waals surface area (Å²) in [6, 6.07) is 11.4. The monoisotopic (exact) mass is 396 g/mol. The average Bonchev–Trinajstić information content (AvgIpc) is 3.14. The number of aromatic nitrogens is 1. The van der Waals surface area contributed by atoms with E-state index in [0.29, 0.717) is 17.5 Å². The number of hydrogen-bond donors (Lipinski definition) is 0. The van der Waals surface area contributed by atoms with Gasteiger partial charge in [-0.3, -0.25) is 4.90 Å². The molecule has 0 unspecified atom stereocenters. The lowest BCUT2D eigenvalue weighted by atomic mass is 10.1. The van der Waals surface area contributed by atoms with Gasteiger partial charge in [0.1, 0.15) is 0 Å². The highest BCUT2D eigenvalue weighted by Gasteiger charge is 2.28. The molecule has 2 heterocycles. The van der Waals surface area contributed by atoms with Crippen molar-refractivity contribution in [2.75, 3.05) is 18.8 Å². The van der Waals surface area contributed by atoms with E-state index >= 15 is 0 Å². The van der Waals surface area contributed by atoms with Crippen molar-refractivity contribution in [1.29, 1.82) is 0 Å². The summed E-state index contributed by atoms with van der Waals surface area (Å²) >= 11 is 3.34. The molecular weight excluding hydrogens is 376 g/mol. The van der Waals surface area contributed by atoms with Crippen LogP contribution in [0, 0.1) is 0 Å². The van der Waals surface area contributed by atoms with Gasteiger partial charge in [-0.25, -0.2) is 8.42 Å². The lowest BCUT2D eigenvalue weighted by Gasteiger charge is -2.25. The van der Waals surface area contributed by atoms with Gasteiger partial charge >= 0.3 is 0 Å². The summed E-state index contributed by atoms with van der Waals surface area (Å²) in [6.45, 7) is 1.54. The Balaban J connectivity index is 1.69. The standard InChI is InChI=1S/C17H21BrN2O2S/c1-19-10-2-4-16(19)17-5-3-11-20(17)12-13-23(21,22)15-8-6-14(18)7-9-15/h2,4,6-10,17H,3,5,11-13H2,1H3/t17-/m1/s1. The minimum atomic E-state index is -3.24. The van der Waals surface area contributed by atoms with E-state index in [4.69, 9.17) is 0 Å². The largest absolute Gasteiger partial charge is 0.353 e. The maximum absolute atomic E-state index is 12.5. The lowest BCUT2D eigenvalue weighted by Crippen LogP contribution is -2.30. The predicted octanol–water partition coefficient (Wildman–Crippen LogP) is 3.40. The number of halogens is 1. The van der Waals surface area contributed by atoms with Gasteiger partial charge in [-0.2, -0.15) is 0 Å². The van der Waals surface area contributed by atoms with Crippen molar-refractivity contribution in [3.05, 3.63) is 52.8 Å². The van der Waals surface area contributed by atoms with Crippen molar-refractivity contribution in [1.82, 2.24) is 9.47 Å². The first-order valence-electron chi connectivity index (χ1n) is 7.81. The molecular formula is C17H21BrN2O2S. The zero-order chi connectivity index (χ0) is 16.4. The van der Waals surface area contributed by atoms with Crippen LogP contribution in [0.25, 0.3) is 0 Å². The third-order valence-corrected chi connectivity index (χ3v) is 6.75. The minimum Gasteiger partial charge on any atom is -0.353 e. The van der Waals surface area contributed by atoms with E-state index in [0.717, 1.165) is 23.9 Å². The summed E-state index contributed by atoms with van der Waals surface area (Å²) in [4.78, 5) is 2.70. The Labute approximate surface area is 146 Å². The van der Waals surface area contributed by atoms with Crippen LogP contribution in [0.1, 0.15) is 24.6 Å². The van der Waals surface area contributed by atoms with Crippen molar-refractivity contribution in [3.8, 4) is 0 Å². The fourth-order valence-electron chi connectivity index (χ4n) is 3.25. The fourth-order valence-corrected chi connectivity index (χ4v) is 4.77. The second-order valence-electron chi connectivity index (χ2n) is 6.01. The van der Waals surface area contributed by atoms with E-state index < -0.39 is 9.84 Å². The Morgan fingerprint density at radius 2 is 1.96 bits per heavy atom. The van der Waals surface area contributed by atoms with E-state index in [1.807, 2.05) is 19.3 Å². The van der Waals surface area contributed by atoms with Gasteiger partial charge in [-0.05, 0) is 55.8 Å². The highest BCUT2D eigenvalue weighted by Crippen LogP contribution is 2.31. The molecule has 1 saturated heterocycles. The maximum atomic E-state index is 12.5. The number of aryl methyl sites for hydroxylation is 1. The molecule has 0 spiro atoms. The molecule has 124 valence electrons. The molecule has 3 rings (SSSR count). The first kappa shape index (κ1) is 16.7. The van der Waals surface area contributed by atoms with Crippen LogP contribution in [0.4, 0.5) is 0 Å². The molecule has 1 aromatic carbocycles. The van der Waals surface area contributed by atoms with Gasteiger partial charge in [-0.15, -0.1) is 0 Å². The molecule has 0 aliphatic carbocycles. The van der Waals surface area contributed by atoms with Crippen LogP contribution >= 0.6 is 15.9 Å². The van der Waals surface area contributed by atoms with E-state index in [1.165, 1.54) is 5.69 Å². The number of benzene rings is 1. The molecule has 0 bridgehead atoms. The van der Waals surface area contributed by atoms with Crippen LogP contribution in [-0.4, -0.2) is 36.7 Å². The highest BCUT2D eigenvalue weighted by atomic mass is 79.9. The van der Waals surface area contributed by atoms with Crippen LogP contribution in [0.2, 0.25) is 0 Å². The molecule has 1 fully saturated rings. The quantitative estimate of drug-likeness (QED) is 0.777. The molecule has 1 aromatic heterocycles. The van der Waals surface area contributed by atoms with Gasteiger partial charge in [0.2, 0.25) is 0 Å². The number of rotatable bonds is 5. The molecule has 1 aliphatic heterocycles. The summed E-state index contributed by atoms with van der Waals surface area (Å²) in [6.07, 6.45) is 4.26. The number of sulfone groups is 1. The Hall–Kier alpha value is -1.11. The second kappa shape index (κ2) is 6.79. The summed E-state index contributed by atoms with van der Waals surface area (Å²) in [7, 11) is -1.19. The fraction of sp³-hybridized carbons (Fsp3) is 0.412. The first-order chi connectivity index (χ1) is 11.0. The first-order valence-corrected chi connectivity index (χ1v) is 10.3. The number of likely N-dealkylation sites (tertiary alicyclic amines) is 1. The molecule has 0 saturated carbocycles. The molecule has 6 heteroatoms. The van der Waals surface area contributed by atoms with Gasteiger partial charge in [0, 0.05) is 30.0 Å². The number of hydrogen-bond acceptors (Lipinski definition) is 3. The van der Waals surface area contributed by atoms with Crippen LogP contribution in [-0.2, 0) is 16.9 Å². The molecule has 0 radical (unpaired) electrons. The topological polar surface area (TPSA) is 42.3 Å². The smallest absolute Gasteiger partial charge is 0.179 e. The minimum absolute atomic E-state index is 0.162. The molecule has 1 aliphatic rings. The van der Waals surface area contributed by atoms with E-state index in [9.17, 15) is 8.42 Å². The van der Waals surface area contributed by atoms with Crippen LogP contribution in [0.3, 0.4) is 0 Å². The Morgan fingerprint density at radius 1 is 1.22 bits per heavy atom. The summed E-state index contributed by atoms with van der Waals surface area (Å²) in [5, 5.41) is 0. The van der Waals surface area contributed by atoms with E-state index in [2.05, 4.69) is 31.5 Å². The van der Waals surface area contributed by atoms with Crippen LogP contribution < -0.4 is 0 Å². The SMILES string of the molecule is Cn1cccc1[C@H]1CCCN1CCS(=O)(=O)c1ccc(Br)cc1. The average molecular weight is 397 g/mol. The molecule has 4 nitrogen and oxygen atoms in total. The number of nitrogens with zero attached hydrogens (tertiary/aromatic N) is 2. The van der Waals surface area contributed by atoms with Crippen LogP contribution in [0.15, 0.2) is 52.0 Å². The van der Waals surface area contributed by atoms with Gasteiger partial charge in [0.05, 0.1) is 16.7 Å². The molecule has 0 amide bonds. The zero-order valence-corrected chi connectivity index (χ0v) is 15.6. The predicted molar refractivity (Wildman–Crippen MR) is 95.2 cm³/mol. The Bertz CT molecular complexity index is 768. The van der Waals surface area contributed by atoms with Crippen molar-refractivity contribution < 1.29 is 8.42 Å². The summed E-state index contributed by atoms with van der Waals surface area (Å²) in [5.41, 5.74) is 1.27. The third kappa shape index (κ3) is 3.70. The van der Waals surface area contributed by atoms with Gasteiger partial charge in [0.15, 0.2) is 9.84 Å². The summed E-state index contributed by atoms with van der Waals surface area (Å²) < 4.78 is 28.0. The second-order valence-corrected chi connectivity index (χ2v) is 9.04. The molecule has 2 aromatic rings. The summed E-state index contributed by atoms with van der Waals surface area (Å²) in [5.74, 6) is 0.162. The third-order valence-electron chi connectivity index (χ3n) is 4.51. The van der Waals surface area contributed by atoms with E-state index in [1.54, 1.807) is 24.3 Å². The van der Waals surface area contributed by atoms with Gasteiger partial charge in [0.25, 0.3) is 0 Å². The maximum Gasteiger partial charge on any atom is 0.179 e. The zero-order valence-electron chi connectivity index (χ0n) is 13.2. The van der Waals surface area contributed by atoms with E-state index in [-0.39, 0.29) is 5.75 Å². The normalized spacial score (nSPS) is 19.3. The molecule has 1 atom stereocenters. The molecule has 23 heavy (non-hydrogen) atoms. The van der Waals surface area contributed by atoms with Crippen LogP contribution in [0.5, 0.6) is 0 Å². The Morgan fingerprint density at radius 3 is 2.61 bits per heavy atom. The van der Waals surface area contributed by atoms with Crippen molar-refractivity contribution in [2.24, 2.45) is 7.05 Å². The van der Waals surface area contributed by atoms with Crippen molar-refractivity contribution in [3.63, 3.8) is 0 Å². The molecule has 0 N–H and O–H groups in total. The van der Waals surface area contributed by atoms with Crippen molar-refractivity contribution >= 4 is 25.8 Å². The van der Waals surface area contributed by atoms with Gasteiger partial charge in [-0.1, -0.05) is 15.9 Å². The van der Waals surface area contributed by atoms with Gasteiger partial charge < -0.3 is 4.57 Å². The lowest BCUT2D eigenvalue weighted by molar-refractivity contribution is 0.264. The highest BCUT2D eigenvalue weighted by molar-refractivity contribution is 9.10.